The number of nitro groups is 1. The normalized spacial score (nSPS) is 10.6. The highest BCUT2D eigenvalue weighted by molar-refractivity contribution is 7.74. The lowest BCUT2D eigenvalue weighted by molar-refractivity contribution is -0.384. The van der Waals surface area contributed by atoms with Crippen molar-refractivity contribution in [3.05, 3.63) is 62.5 Å². The van der Waals surface area contributed by atoms with E-state index in [1.807, 2.05) is 24.3 Å². The van der Waals surface area contributed by atoms with Crippen LogP contribution in [0.15, 0.2) is 48.5 Å². The summed E-state index contributed by atoms with van der Waals surface area (Å²) in [6.45, 7) is 0. The first kappa shape index (κ1) is 12.8. The number of fused-ring (bicyclic) bond motifs is 1. The van der Waals surface area contributed by atoms with Crippen molar-refractivity contribution in [3.63, 3.8) is 0 Å². The Labute approximate surface area is 123 Å². The van der Waals surface area contributed by atoms with Gasteiger partial charge in [0.2, 0.25) is 0 Å². The van der Waals surface area contributed by atoms with Crippen LogP contribution in [0.5, 0.6) is 0 Å². The molecular formula is C14H8N2O2S2. The molecule has 1 aromatic heterocycles. The van der Waals surface area contributed by atoms with E-state index in [1.54, 1.807) is 12.1 Å². The first-order valence-corrected chi connectivity index (χ1v) is 7.02. The number of aromatic nitrogens is 1. The van der Waals surface area contributed by atoms with E-state index >= 15 is 0 Å². The molecule has 20 heavy (non-hydrogen) atoms. The second-order valence-electron chi connectivity index (χ2n) is 4.13. The minimum Gasteiger partial charge on any atom is -0.258 e. The molecule has 1 heterocycles. The Kier molecular flexibility index (Phi) is 3.25. The smallest absolute Gasteiger partial charge is 0.258 e. The summed E-state index contributed by atoms with van der Waals surface area (Å²) in [6.07, 6.45) is 0. The van der Waals surface area contributed by atoms with Crippen molar-refractivity contribution >= 4 is 40.1 Å². The number of benzene rings is 2. The first-order chi connectivity index (χ1) is 9.65. The quantitative estimate of drug-likeness (QED) is 0.394. The summed E-state index contributed by atoms with van der Waals surface area (Å²) >= 11 is 6.79. The molecule has 3 rings (SSSR count). The molecule has 0 atom stereocenters. The summed E-state index contributed by atoms with van der Waals surface area (Å²) in [5.41, 5.74) is 1.74. The predicted molar refractivity (Wildman–Crippen MR) is 82.5 cm³/mol. The average molecular weight is 300 g/mol. The topological polar surface area (TPSA) is 56.0 Å². The van der Waals surface area contributed by atoms with E-state index in [4.69, 9.17) is 12.2 Å². The minimum atomic E-state index is -0.417. The monoisotopic (exact) mass is 300 g/mol. The van der Waals surface area contributed by atoms with Crippen LogP contribution in [0.25, 0.3) is 21.5 Å². The van der Waals surface area contributed by atoms with Gasteiger partial charge < -0.3 is 0 Å². The van der Waals surface area contributed by atoms with Crippen LogP contribution in [0, 0.1) is 13.9 Å². The Bertz CT molecular complexity index is 857. The Morgan fingerprint density at radius 3 is 2.50 bits per heavy atom. The standard InChI is InChI=1S/C14H8N2O2S2/c17-16(18)10-7-5-9(6-8-10)13-15-12-4-2-1-3-11(12)14(19)20-13/h1-8H. The summed E-state index contributed by atoms with van der Waals surface area (Å²) in [5.74, 6) is 0. The van der Waals surface area contributed by atoms with E-state index < -0.39 is 4.92 Å². The summed E-state index contributed by atoms with van der Waals surface area (Å²) in [7, 11) is 0. The molecule has 0 spiro atoms. The molecule has 0 fully saturated rings. The molecular weight excluding hydrogens is 292 g/mol. The van der Waals surface area contributed by atoms with Gasteiger partial charge in [0.1, 0.15) is 8.83 Å². The second kappa shape index (κ2) is 5.07. The van der Waals surface area contributed by atoms with Gasteiger partial charge in [0.05, 0.1) is 10.4 Å². The maximum atomic E-state index is 10.7. The highest BCUT2D eigenvalue weighted by Gasteiger charge is 2.08. The number of non-ortho nitro benzene ring substituents is 1. The molecule has 0 bridgehead atoms. The van der Waals surface area contributed by atoms with E-state index in [0.29, 0.717) is 0 Å². The maximum Gasteiger partial charge on any atom is 0.269 e. The van der Waals surface area contributed by atoms with Crippen LogP contribution in [0.3, 0.4) is 0 Å². The van der Waals surface area contributed by atoms with Crippen LogP contribution in [0.1, 0.15) is 0 Å². The molecule has 0 aliphatic rings. The average Bonchev–Trinajstić information content (AvgIpc) is 2.47. The van der Waals surface area contributed by atoms with Crippen molar-refractivity contribution in [1.82, 2.24) is 4.98 Å². The third-order valence-corrected chi connectivity index (χ3v) is 4.26. The third kappa shape index (κ3) is 2.31. The van der Waals surface area contributed by atoms with Crippen LogP contribution in [-0.2, 0) is 0 Å². The number of para-hydroxylation sites is 1. The number of nitro benzene ring substituents is 1. The Hall–Kier alpha value is -2.18. The number of nitrogens with zero attached hydrogens (tertiary/aromatic N) is 2. The third-order valence-electron chi connectivity index (χ3n) is 2.86. The van der Waals surface area contributed by atoms with Crippen molar-refractivity contribution in [2.45, 2.75) is 0 Å². The molecule has 2 aromatic carbocycles. The summed E-state index contributed by atoms with van der Waals surface area (Å²) in [4.78, 5) is 14.8. The summed E-state index contributed by atoms with van der Waals surface area (Å²) in [5, 5.41) is 12.4. The summed E-state index contributed by atoms with van der Waals surface area (Å²) in [6, 6.07) is 14.0. The van der Waals surface area contributed by atoms with Gasteiger partial charge in [-0.25, -0.2) is 4.98 Å². The van der Waals surface area contributed by atoms with E-state index in [9.17, 15) is 10.1 Å². The van der Waals surface area contributed by atoms with E-state index in [0.717, 1.165) is 25.3 Å². The maximum absolute atomic E-state index is 10.7. The molecule has 4 nitrogen and oxygen atoms in total. The molecule has 0 aliphatic heterocycles. The fourth-order valence-corrected chi connectivity index (χ4v) is 3.13. The second-order valence-corrected chi connectivity index (χ2v) is 5.79. The van der Waals surface area contributed by atoms with Crippen molar-refractivity contribution in [2.24, 2.45) is 0 Å². The van der Waals surface area contributed by atoms with E-state index in [-0.39, 0.29) is 5.69 Å². The highest BCUT2D eigenvalue weighted by atomic mass is 32.1. The minimum absolute atomic E-state index is 0.0677. The molecule has 0 aliphatic carbocycles. The van der Waals surface area contributed by atoms with Gasteiger partial charge in [0, 0.05) is 23.1 Å². The van der Waals surface area contributed by atoms with Gasteiger partial charge >= 0.3 is 0 Å². The van der Waals surface area contributed by atoms with E-state index in [2.05, 4.69) is 4.98 Å². The van der Waals surface area contributed by atoms with Gasteiger partial charge in [-0.1, -0.05) is 30.4 Å². The lowest BCUT2D eigenvalue weighted by Crippen LogP contribution is -1.88. The van der Waals surface area contributed by atoms with Crippen LogP contribution >= 0.6 is 23.6 Å². The zero-order valence-corrected chi connectivity index (χ0v) is 11.8. The fraction of sp³-hybridized carbons (Fsp3) is 0. The molecule has 0 saturated carbocycles. The molecule has 6 heteroatoms. The van der Waals surface area contributed by atoms with Gasteiger partial charge in [-0.3, -0.25) is 10.1 Å². The zero-order valence-electron chi connectivity index (χ0n) is 10.1. The Balaban J connectivity index is 2.14. The highest BCUT2D eigenvalue weighted by Crippen LogP contribution is 2.28. The molecule has 98 valence electrons. The molecule has 0 radical (unpaired) electrons. The first-order valence-electron chi connectivity index (χ1n) is 5.80. The van der Waals surface area contributed by atoms with Crippen LogP contribution < -0.4 is 0 Å². The lowest BCUT2D eigenvalue weighted by atomic mass is 10.2. The largest absolute Gasteiger partial charge is 0.269 e. The lowest BCUT2D eigenvalue weighted by Gasteiger charge is -2.02. The molecule has 0 amide bonds. The van der Waals surface area contributed by atoms with Gasteiger partial charge in [0.15, 0.2) is 0 Å². The van der Waals surface area contributed by atoms with Gasteiger partial charge in [-0.05, 0) is 18.2 Å². The van der Waals surface area contributed by atoms with Crippen molar-refractivity contribution in [3.8, 4) is 10.6 Å². The van der Waals surface area contributed by atoms with Crippen LogP contribution in [0.4, 0.5) is 5.69 Å². The van der Waals surface area contributed by atoms with Crippen molar-refractivity contribution in [1.29, 1.82) is 0 Å². The predicted octanol–water partition coefficient (Wildman–Crippen LogP) is 4.60. The zero-order chi connectivity index (χ0) is 14.1. The molecule has 0 saturated heterocycles. The number of rotatable bonds is 2. The SMILES string of the molecule is O=[N+]([O-])c1ccc(-c2nc3ccccc3c(=S)s2)cc1. The van der Waals surface area contributed by atoms with Crippen LogP contribution in [-0.4, -0.2) is 9.91 Å². The van der Waals surface area contributed by atoms with Gasteiger partial charge in [-0.2, -0.15) is 0 Å². The molecule has 0 unspecified atom stereocenters. The number of hydrogen-bond donors (Lipinski definition) is 0. The van der Waals surface area contributed by atoms with Gasteiger partial charge in [0.25, 0.3) is 5.69 Å². The van der Waals surface area contributed by atoms with E-state index in [1.165, 1.54) is 23.5 Å². The van der Waals surface area contributed by atoms with Gasteiger partial charge in [-0.15, -0.1) is 11.3 Å². The fourth-order valence-electron chi connectivity index (χ4n) is 1.87. The Morgan fingerprint density at radius 1 is 1.10 bits per heavy atom. The molecule has 3 aromatic rings. The van der Waals surface area contributed by atoms with Crippen molar-refractivity contribution < 1.29 is 4.92 Å². The molecule has 0 N–H and O–H groups in total. The summed E-state index contributed by atoms with van der Waals surface area (Å²) < 4.78 is 0.768. The Morgan fingerprint density at radius 2 is 1.80 bits per heavy atom. The van der Waals surface area contributed by atoms with Crippen LogP contribution in [0.2, 0.25) is 0 Å². The number of hydrogen-bond acceptors (Lipinski definition) is 5. The van der Waals surface area contributed by atoms with Crippen molar-refractivity contribution in [2.75, 3.05) is 0 Å².